The zero-order valence-electron chi connectivity index (χ0n) is 31.5. The third kappa shape index (κ3) is 10.9. The van der Waals surface area contributed by atoms with Crippen molar-refractivity contribution in [2.45, 2.75) is 98.3 Å². The average molecular weight is 724 g/mol. The van der Waals surface area contributed by atoms with Crippen molar-refractivity contribution in [2.24, 2.45) is 16.0 Å². The molecule has 5 rings (SSSR count). The van der Waals surface area contributed by atoms with Gasteiger partial charge in [0.2, 0.25) is 11.9 Å². The van der Waals surface area contributed by atoms with Crippen LogP contribution in [0.2, 0.25) is 0 Å². The molecule has 1 aliphatic carbocycles. The van der Waals surface area contributed by atoms with Crippen LogP contribution in [-0.4, -0.2) is 52.0 Å². The van der Waals surface area contributed by atoms with Crippen molar-refractivity contribution in [3.05, 3.63) is 83.9 Å². The molecule has 0 atom stereocenters. The molecule has 3 aromatic carbocycles. The number of guanidine groups is 1. The Morgan fingerprint density at radius 1 is 0.830 bits per heavy atom. The molecule has 0 spiro atoms. The van der Waals surface area contributed by atoms with Crippen LogP contribution >= 0.6 is 0 Å². The fraction of sp³-hybridized carbons (Fsp3) is 0.400. The Morgan fingerprint density at radius 2 is 1.43 bits per heavy atom. The summed E-state index contributed by atoms with van der Waals surface area (Å²) in [4.78, 5) is 58.2. The number of urea groups is 1. The van der Waals surface area contributed by atoms with Gasteiger partial charge in [-0.05, 0) is 102 Å². The van der Waals surface area contributed by atoms with Crippen LogP contribution in [0.4, 0.5) is 37.1 Å². The third-order valence-electron chi connectivity index (χ3n) is 8.23. The molecule has 0 radical (unpaired) electrons. The highest BCUT2D eigenvalue weighted by Gasteiger charge is 2.34. The van der Waals surface area contributed by atoms with Crippen LogP contribution in [0.15, 0.2) is 82.9 Å². The van der Waals surface area contributed by atoms with Crippen LogP contribution in [0.3, 0.4) is 0 Å². The Labute approximate surface area is 310 Å². The van der Waals surface area contributed by atoms with Gasteiger partial charge in [-0.25, -0.2) is 24.4 Å². The second kappa shape index (κ2) is 16.3. The minimum Gasteiger partial charge on any atom is -0.444 e. The highest BCUT2D eigenvalue weighted by molar-refractivity contribution is 6.14. The summed E-state index contributed by atoms with van der Waals surface area (Å²) in [6.07, 6.45) is 3.54. The first-order valence-corrected chi connectivity index (χ1v) is 17.9. The molecule has 1 fully saturated rings. The molecule has 0 bridgehead atoms. The number of fused-ring (bicyclic) bond motifs is 1. The standard InChI is InChI=1S/C40H49N7O6/c1-26(48)41-30-20-23-33-32(24-30)34(28-16-12-9-13-17-28)45-46(25-27-14-10-8-11-15-27)38(51)47(33)31-21-18-29(19-22-31)42-35(43-36(49)52-39(2,3)4)44-37(50)53-40(5,6)7/h8,10-11,14-15,18-24,28H,9,12-13,16-17,25H2,1-7H3,(H,41,48)(H2,42,43,44,49,50). The fourth-order valence-corrected chi connectivity index (χ4v) is 6.14. The summed E-state index contributed by atoms with van der Waals surface area (Å²) in [6, 6.07) is 21.6. The molecule has 2 aliphatic rings. The van der Waals surface area contributed by atoms with E-state index >= 15 is 0 Å². The van der Waals surface area contributed by atoms with Crippen LogP contribution in [0, 0.1) is 5.92 Å². The average Bonchev–Trinajstić information content (AvgIpc) is 3.18. The Balaban J connectivity index is 1.56. The predicted octanol–water partition coefficient (Wildman–Crippen LogP) is 8.74. The molecule has 13 heteroatoms. The van der Waals surface area contributed by atoms with Gasteiger partial charge >= 0.3 is 18.2 Å². The maximum atomic E-state index is 14.7. The first-order valence-electron chi connectivity index (χ1n) is 17.9. The highest BCUT2D eigenvalue weighted by atomic mass is 16.6. The van der Waals surface area contributed by atoms with Crippen molar-refractivity contribution in [2.75, 3.05) is 10.2 Å². The van der Waals surface area contributed by atoms with E-state index in [9.17, 15) is 19.2 Å². The van der Waals surface area contributed by atoms with Crippen LogP contribution < -0.4 is 20.9 Å². The largest absolute Gasteiger partial charge is 0.444 e. The number of rotatable bonds is 6. The van der Waals surface area contributed by atoms with E-state index in [1.165, 1.54) is 11.9 Å². The number of nitrogens with zero attached hydrogens (tertiary/aromatic N) is 4. The number of aliphatic imine (C=N–C) groups is 1. The summed E-state index contributed by atoms with van der Waals surface area (Å²) in [5.74, 6) is -0.278. The summed E-state index contributed by atoms with van der Waals surface area (Å²) < 4.78 is 10.7. The lowest BCUT2D eigenvalue weighted by atomic mass is 9.82. The van der Waals surface area contributed by atoms with Crippen molar-refractivity contribution in [1.82, 2.24) is 15.6 Å². The van der Waals surface area contributed by atoms with Gasteiger partial charge in [0, 0.05) is 24.1 Å². The molecule has 0 unspecified atom stereocenters. The third-order valence-corrected chi connectivity index (χ3v) is 8.23. The van der Waals surface area contributed by atoms with Gasteiger partial charge in [-0.15, -0.1) is 0 Å². The number of benzene rings is 3. The van der Waals surface area contributed by atoms with Gasteiger partial charge in [0.05, 0.1) is 29.3 Å². The van der Waals surface area contributed by atoms with E-state index in [2.05, 4.69) is 20.9 Å². The van der Waals surface area contributed by atoms with E-state index in [4.69, 9.17) is 14.6 Å². The second-order valence-corrected chi connectivity index (χ2v) is 15.1. The van der Waals surface area contributed by atoms with E-state index in [-0.39, 0.29) is 30.4 Å². The maximum absolute atomic E-state index is 14.7. The van der Waals surface area contributed by atoms with Crippen molar-refractivity contribution in [3.8, 4) is 0 Å². The zero-order chi connectivity index (χ0) is 38.3. The summed E-state index contributed by atoms with van der Waals surface area (Å²) in [6.45, 7) is 12.0. The van der Waals surface area contributed by atoms with Gasteiger partial charge in [-0.3, -0.25) is 20.3 Å². The first kappa shape index (κ1) is 38.5. The van der Waals surface area contributed by atoms with Crippen LogP contribution in [0.25, 0.3) is 0 Å². The minimum atomic E-state index is -0.818. The smallest absolute Gasteiger partial charge is 0.414 e. The SMILES string of the molecule is CC(=O)Nc1ccc2c(c1)C(C1CCCCC1)=NN(Cc1ccccc1)C(=O)N2c1ccc(N=C(NC(=O)OC(C)(C)C)NC(=O)OC(C)(C)C)cc1. The lowest BCUT2D eigenvalue weighted by Crippen LogP contribution is -2.47. The number of hydrazone groups is 1. The number of amides is 5. The number of hydrogen-bond donors (Lipinski definition) is 3. The van der Waals surface area contributed by atoms with Gasteiger partial charge in [-0.1, -0.05) is 49.6 Å². The summed E-state index contributed by atoms with van der Waals surface area (Å²) >= 11 is 0. The Bertz CT molecular complexity index is 1840. The number of carbonyl (C=O) groups excluding carboxylic acids is 4. The van der Waals surface area contributed by atoms with E-state index in [0.29, 0.717) is 22.7 Å². The second-order valence-electron chi connectivity index (χ2n) is 15.1. The lowest BCUT2D eigenvalue weighted by molar-refractivity contribution is -0.114. The molecule has 3 aromatic rings. The number of alkyl carbamates (subject to hydrolysis) is 2. The van der Waals surface area contributed by atoms with Crippen molar-refractivity contribution >= 4 is 58.5 Å². The molecule has 53 heavy (non-hydrogen) atoms. The molecule has 5 amide bonds. The minimum absolute atomic E-state index is 0.131. The van der Waals surface area contributed by atoms with Gasteiger partial charge < -0.3 is 14.8 Å². The quantitative estimate of drug-likeness (QED) is 0.171. The number of hydrogen-bond acceptors (Lipinski definition) is 8. The molecule has 13 nitrogen and oxygen atoms in total. The van der Waals surface area contributed by atoms with Crippen molar-refractivity contribution < 1.29 is 28.7 Å². The number of ether oxygens (including phenoxy) is 2. The highest BCUT2D eigenvalue weighted by Crippen LogP contribution is 2.39. The maximum Gasteiger partial charge on any atom is 0.414 e. The van der Waals surface area contributed by atoms with Gasteiger partial charge in [0.1, 0.15) is 11.2 Å². The van der Waals surface area contributed by atoms with Crippen LogP contribution in [0.1, 0.15) is 91.7 Å². The van der Waals surface area contributed by atoms with Crippen molar-refractivity contribution in [1.29, 1.82) is 0 Å². The Morgan fingerprint density at radius 3 is 2.00 bits per heavy atom. The van der Waals surface area contributed by atoms with Crippen molar-refractivity contribution in [3.63, 3.8) is 0 Å². The molecule has 1 aliphatic heterocycles. The molecule has 0 aromatic heterocycles. The normalized spacial score (nSPS) is 15.0. The van der Waals surface area contributed by atoms with Crippen LogP contribution in [0.5, 0.6) is 0 Å². The predicted molar refractivity (Wildman–Crippen MR) is 206 cm³/mol. The molecule has 3 N–H and O–H groups in total. The van der Waals surface area contributed by atoms with Gasteiger partial charge in [0.15, 0.2) is 0 Å². The topological polar surface area (TPSA) is 154 Å². The summed E-state index contributed by atoms with van der Waals surface area (Å²) in [5, 5.41) is 14.5. The number of nitrogens with one attached hydrogen (secondary N) is 3. The fourth-order valence-electron chi connectivity index (χ4n) is 6.14. The zero-order valence-corrected chi connectivity index (χ0v) is 31.5. The Kier molecular flexibility index (Phi) is 11.8. The monoisotopic (exact) mass is 723 g/mol. The molecule has 280 valence electrons. The van der Waals surface area contributed by atoms with E-state index in [1.54, 1.807) is 76.8 Å². The van der Waals surface area contributed by atoms with E-state index in [1.807, 2.05) is 42.5 Å². The van der Waals surface area contributed by atoms with Gasteiger partial charge in [-0.2, -0.15) is 5.10 Å². The lowest BCUT2D eigenvalue weighted by Gasteiger charge is -2.27. The van der Waals surface area contributed by atoms with E-state index in [0.717, 1.165) is 48.9 Å². The van der Waals surface area contributed by atoms with E-state index < -0.39 is 23.4 Å². The molecular weight excluding hydrogens is 674 g/mol. The van der Waals surface area contributed by atoms with Gasteiger partial charge in [0.25, 0.3) is 0 Å². The van der Waals surface area contributed by atoms with Crippen LogP contribution in [-0.2, 0) is 20.8 Å². The summed E-state index contributed by atoms with van der Waals surface area (Å²) in [5.41, 5.74) is 3.03. The molecule has 1 saturated carbocycles. The molecule has 0 saturated heterocycles. The molecule has 1 heterocycles. The summed E-state index contributed by atoms with van der Waals surface area (Å²) in [7, 11) is 0. The molecular formula is C40H49N7O6. The number of anilines is 3. The number of carbonyl (C=O) groups is 4. The Hall–Kier alpha value is -5.72. The first-order chi connectivity index (χ1) is 25.0.